The Morgan fingerprint density at radius 2 is 1.55 bits per heavy atom. The van der Waals surface area contributed by atoms with E-state index in [4.69, 9.17) is 0 Å². The minimum atomic E-state index is -0.551. The number of hydrogen-bond acceptors (Lipinski definition) is 2. The maximum atomic E-state index is 10.8. The van der Waals surface area contributed by atoms with Gasteiger partial charge in [-0.3, -0.25) is 0 Å². The van der Waals surface area contributed by atoms with Crippen molar-refractivity contribution < 1.29 is 10.2 Å². The van der Waals surface area contributed by atoms with E-state index in [1.54, 1.807) is 6.92 Å². The molecule has 0 bridgehead atoms. The maximum Gasteiger partial charge on any atom is 0.0862 e. The molecule has 0 aliphatic heterocycles. The smallest absolute Gasteiger partial charge is 0.0862 e. The number of rotatable bonds is 2. The molecule has 2 aromatic carbocycles. The van der Waals surface area contributed by atoms with Crippen LogP contribution >= 0.6 is 0 Å². The molecule has 104 valence electrons. The normalized spacial score (nSPS) is 22.6. The summed E-state index contributed by atoms with van der Waals surface area (Å²) in [6.45, 7) is 1.78. The summed E-state index contributed by atoms with van der Waals surface area (Å²) in [5.41, 5.74) is 4.59. The zero-order valence-electron chi connectivity index (χ0n) is 11.7. The highest BCUT2D eigenvalue weighted by Gasteiger charge is 2.30. The Bertz CT molecular complexity index is 604. The van der Waals surface area contributed by atoms with Gasteiger partial charge in [0.05, 0.1) is 12.2 Å². The van der Waals surface area contributed by atoms with E-state index < -0.39 is 12.2 Å². The van der Waals surface area contributed by atoms with Crippen molar-refractivity contribution in [3.63, 3.8) is 0 Å². The van der Waals surface area contributed by atoms with Crippen molar-refractivity contribution in [3.8, 4) is 0 Å². The first kappa shape index (κ1) is 13.3. The molecule has 0 radical (unpaired) electrons. The minimum Gasteiger partial charge on any atom is -0.393 e. The molecule has 0 saturated carbocycles. The lowest BCUT2D eigenvalue weighted by Crippen LogP contribution is -2.16. The van der Waals surface area contributed by atoms with E-state index in [0.717, 1.165) is 17.5 Å². The largest absolute Gasteiger partial charge is 0.393 e. The third-order valence-electron chi connectivity index (χ3n) is 4.19. The molecule has 3 atom stereocenters. The van der Waals surface area contributed by atoms with Crippen molar-refractivity contribution in [1.82, 2.24) is 0 Å². The van der Waals surface area contributed by atoms with Crippen LogP contribution in [0.5, 0.6) is 0 Å². The fourth-order valence-corrected chi connectivity index (χ4v) is 3.26. The zero-order valence-corrected chi connectivity index (χ0v) is 11.7. The van der Waals surface area contributed by atoms with Gasteiger partial charge in [-0.25, -0.2) is 0 Å². The van der Waals surface area contributed by atoms with Crippen LogP contribution in [0.25, 0.3) is 0 Å². The molecule has 0 fully saturated rings. The van der Waals surface area contributed by atoms with Crippen LogP contribution in [0.4, 0.5) is 0 Å². The Balaban J connectivity index is 2.13. The van der Waals surface area contributed by atoms with Gasteiger partial charge in [0.25, 0.3) is 0 Å². The summed E-state index contributed by atoms with van der Waals surface area (Å²) < 4.78 is 0. The van der Waals surface area contributed by atoms with Crippen molar-refractivity contribution in [2.45, 2.75) is 37.9 Å². The average molecular weight is 268 g/mol. The minimum absolute atomic E-state index is 0.0464. The van der Waals surface area contributed by atoms with Crippen LogP contribution < -0.4 is 0 Å². The van der Waals surface area contributed by atoms with Gasteiger partial charge in [0.2, 0.25) is 0 Å². The summed E-state index contributed by atoms with van der Waals surface area (Å²) >= 11 is 0. The molecule has 0 aromatic heterocycles. The highest BCUT2D eigenvalue weighted by molar-refractivity contribution is 5.44. The molecule has 0 amide bonds. The highest BCUT2D eigenvalue weighted by atomic mass is 16.3. The summed E-state index contributed by atoms with van der Waals surface area (Å²) in [6, 6.07) is 16.3. The van der Waals surface area contributed by atoms with Gasteiger partial charge in [0.1, 0.15) is 0 Å². The molecule has 1 aliphatic carbocycles. The molecule has 2 heteroatoms. The lowest BCUT2D eigenvalue weighted by atomic mass is 9.85. The van der Waals surface area contributed by atoms with Crippen molar-refractivity contribution in [2.75, 3.05) is 0 Å². The van der Waals surface area contributed by atoms with Crippen LogP contribution in [-0.4, -0.2) is 16.3 Å². The second-order valence-electron chi connectivity index (χ2n) is 5.71. The van der Waals surface area contributed by atoms with E-state index >= 15 is 0 Å². The topological polar surface area (TPSA) is 40.5 Å². The molecule has 1 aliphatic rings. The standard InChI is InChI=1S/C18H20O2/c1-12(19)10-17-15-8-4-2-6-13(15)11-14-7-3-5-9-16(14)18(17)20/h2-9,12,17-20H,10-11H2,1H3/t12-,17-,18-/m1/s1. The molecule has 0 unspecified atom stereocenters. The van der Waals surface area contributed by atoms with Crippen LogP contribution in [0.3, 0.4) is 0 Å². The van der Waals surface area contributed by atoms with Crippen LogP contribution in [-0.2, 0) is 6.42 Å². The van der Waals surface area contributed by atoms with Gasteiger partial charge in [-0.2, -0.15) is 0 Å². The summed E-state index contributed by atoms with van der Waals surface area (Å²) in [5.74, 6) is -0.0464. The highest BCUT2D eigenvalue weighted by Crippen LogP contribution is 2.41. The molecule has 2 aromatic rings. The van der Waals surface area contributed by atoms with Crippen molar-refractivity contribution in [1.29, 1.82) is 0 Å². The number of aliphatic hydroxyl groups excluding tert-OH is 2. The van der Waals surface area contributed by atoms with Gasteiger partial charge in [0, 0.05) is 5.92 Å². The molecule has 2 nitrogen and oxygen atoms in total. The van der Waals surface area contributed by atoms with Crippen LogP contribution in [0.1, 0.15) is 47.6 Å². The van der Waals surface area contributed by atoms with E-state index in [9.17, 15) is 10.2 Å². The molecule has 0 saturated heterocycles. The molecule has 0 spiro atoms. The number of aliphatic hydroxyl groups is 2. The molecule has 0 heterocycles. The van der Waals surface area contributed by atoms with Gasteiger partial charge in [-0.05, 0) is 42.0 Å². The fourth-order valence-electron chi connectivity index (χ4n) is 3.26. The average Bonchev–Trinajstić information content (AvgIpc) is 2.55. The third-order valence-corrected chi connectivity index (χ3v) is 4.19. The maximum absolute atomic E-state index is 10.8. The van der Waals surface area contributed by atoms with Crippen LogP contribution in [0, 0.1) is 0 Å². The SMILES string of the molecule is C[C@@H](O)C[C@@H]1c2ccccc2Cc2ccccc2[C@H]1O. The Labute approximate surface area is 119 Å². The van der Waals surface area contributed by atoms with Crippen molar-refractivity contribution in [3.05, 3.63) is 70.8 Å². The molecular formula is C18H20O2. The van der Waals surface area contributed by atoms with E-state index in [2.05, 4.69) is 18.2 Å². The van der Waals surface area contributed by atoms with Gasteiger partial charge >= 0.3 is 0 Å². The first-order chi connectivity index (χ1) is 9.66. The Morgan fingerprint density at radius 3 is 2.20 bits per heavy atom. The summed E-state index contributed by atoms with van der Waals surface area (Å²) in [5, 5.41) is 20.6. The molecule has 2 N–H and O–H groups in total. The quantitative estimate of drug-likeness (QED) is 0.878. The Morgan fingerprint density at radius 1 is 1.00 bits per heavy atom. The Kier molecular flexibility index (Phi) is 3.60. The summed E-state index contributed by atoms with van der Waals surface area (Å²) in [7, 11) is 0. The van der Waals surface area contributed by atoms with E-state index in [0.29, 0.717) is 6.42 Å². The zero-order chi connectivity index (χ0) is 14.1. The second-order valence-corrected chi connectivity index (χ2v) is 5.71. The lowest BCUT2D eigenvalue weighted by molar-refractivity contribution is 0.101. The van der Waals surface area contributed by atoms with Crippen LogP contribution in [0.2, 0.25) is 0 Å². The predicted molar refractivity (Wildman–Crippen MR) is 79.7 cm³/mol. The number of fused-ring (bicyclic) bond motifs is 2. The lowest BCUT2D eigenvalue weighted by Gasteiger charge is -2.25. The molecule has 20 heavy (non-hydrogen) atoms. The van der Waals surface area contributed by atoms with E-state index in [-0.39, 0.29) is 5.92 Å². The van der Waals surface area contributed by atoms with Crippen molar-refractivity contribution in [2.24, 2.45) is 0 Å². The van der Waals surface area contributed by atoms with E-state index in [1.807, 2.05) is 30.3 Å². The number of hydrogen-bond donors (Lipinski definition) is 2. The predicted octanol–water partition coefficient (Wildman–Crippen LogP) is 3.18. The van der Waals surface area contributed by atoms with Gasteiger partial charge in [0.15, 0.2) is 0 Å². The van der Waals surface area contributed by atoms with Gasteiger partial charge in [-0.1, -0.05) is 48.5 Å². The van der Waals surface area contributed by atoms with E-state index in [1.165, 1.54) is 11.1 Å². The first-order valence-electron chi connectivity index (χ1n) is 7.18. The summed E-state index contributed by atoms with van der Waals surface area (Å²) in [4.78, 5) is 0. The third kappa shape index (κ3) is 2.37. The molecule has 3 rings (SSSR count). The summed E-state index contributed by atoms with van der Waals surface area (Å²) in [6.07, 6.45) is 0.448. The van der Waals surface area contributed by atoms with Gasteiger partial charge in [-0.15, -0.1) is 0 Å². The van der Waals surface area contributed by atoms with Gasteiger partial charge < -0.3 is 10.2 Å². The monoisotopic (exact) mass is 268 g/mol. The first-order valence-corrected chi connectivity index (χ1v) is 7.18. The second kappa shape index (κ2) is 5.39. The van der Waals surface area contributed by atoms with Crippen LogP contribution in [0.15, 0.2) is 48.5 Å². The fraction of sp³-hybridized carbons (Fsp3) is 0.333. The molecular weight excluding hydrogens is 248 g/mol. The van der Waals surface area contributed by atoms with Crippen molar-refractivity contribution >= 4 is 0 Å². The number of benzene rings is 2. The Hall–Kier alpha value is -1.64.